The molecule has 0 unspecified atom stereocenters. The predicted molar refractivity (Wildman–Crippen MR) is 27.7 cm³/mol. The van der Waals surface area contributed by atoms with Crippen molar-refractivity contribution in [3.05, 3.63) is 11.9 Å². The van der Waals surface area contributed by atoms with E-state index < -0.39 is 5.97 Å². The van der Waals surface area contributed by atoms with Gasteiger partial charge in [-0.2, -0.15) is 15.4 Å². The summed E-state index contributed by atoms with van der Waals surface area (Å²) in [5.41, 5.74) is 0.447. The van der Waals surface area contributed by atoms with Crippen LogP contribution < -0.4 is 0 Å². The lowest BCUT2D eigenvalue weighted by molar-refractivity contribution is -0.136. The molecule has 1 aromatic heterocycles. The van der Waals surface area contributed by atoms with Gasteiger partial charge >= 0.3 is 5.97 Å². The van der Waals surface area contributed by atoms with E-state index in [0.717, 1.165) is 0 Å². The standard InChI is InChI=1S/C4H5N3O2/c8-4(9)1-3-2-5-7-6-3/h2H,1H2,(H,8,9)(H,5,6,7). The number of nitrogens with one attached hydrogen (secondary N) is 1. The molecule has 0 saturated carbocycles. The maximum Gasteiger partial charge on any atom is 0.309 e. The Bertz CT molecular complexity index is 194. The van der Waals surface area contributed by atoms with Crippen LogP contribution in [0, 0.1) is 0 Å². The first kappa shape index (κ1) is 5.74. The fourth-order valence-corrected chi connectivity index (χ4v) is 0.465. The van der Waals surface area contributed by atoms with E-state index in [0.29, 0.717) is 5.69 Å². The Morgan fingerprint density at radius 1 is 1.89 bits per heavy atom. The Balaban J connectivity index is 2.58. The third-order valence-corrected chi connectivity index (χ3v) is 0.797. The number of H-pyrrole nitrogens is 1. The summed E-state index contributed by atoms with van der Waals surface area (Å²) in [7, 11) is 0. The molecule has 5 heteroatoms. The number of carboxylic acid groups (broad SMARTS) is 1. The highest BCUT2D eigenvalue weighted by Crippen LogP contribution is 1.88. The summed E-state index contributed by atoms with van der Waals surface area (Å²) >= 11 is 0. The summed E-state index contributed by atoms with van der Waals surface area (Å²) in [6, 6.07) is 0. The Morgan fingerprint density at radius 2 is 2.67 bits per heavy atom. The van der Waals surface area contributed by atoms with E-state index in [-0.39, 0.29) is 6.42 Å². The van der Waals surface area contributed by atoms with Crippen LogP contribution in [-0.2, 0) is 11.2 Å². The smallest absolute Gasteiger partial charge is 0.309 e. The normalized spacial score (nSPS) is 9.33. The lowest BCUT2D eigenvalue weighted by atomic mass is 10.3. The highest BCUT2D eigenvalue weighted by Gasteiger charge is 2.00. The van der Waals surface area contributed by atoms with Gasteiger partial charge in [0, 0.05) is 0 Å². The number of carboxylic acids is 1. The molecule has 1 heterocycles. The molecule has 0 aliphatic rings. The monoisotopic (exact) mass is 127 g/mol. The summed E-state index contributed by atoms with van der Waals surface area (Å²) in [5, 5.41) is 17.5. The van der Waals surface area contributed by atoms with Gasteiger partial charge in [0.1, 0.15) is 0 Å². The molecule has 0 atom stereocenters. The first-order chi connectivity index (χ1) is 4.29. The minimum absolute atomic E-state index is 0.0729. The largest absolute Gasteiger partial charge is 0.481 e. The van der Waals surface area contributed by atoms with Crippen LogP contribution in [0.4, 0.5) is 0 Å². The van der Waals surface area contributed by atoms with E-state index in [1.165, 1.54) is 6.20 Å². The zero-order valence-electron chi connectivity index (χ0n) is 4.53. The number of rotatable bonds is 2. The zero-order chi connectivity index (χ0) is 6.69. The summed E-state index contributed by atoms with van der Waals surface area (Å²) in [6.07, 6.45) is 1.31. The maximum atomic E-state index is 9.98. The molecule has 9 heavy (non-hydrogen) atoms. The minimum Gasteiger partial charge on any atom is -0.481 e. The average molecular weight is 127 g/mol. The van der Waals surface area contributed by atoms with Gasteiger partial charge in [-0.3, -0.25) is 4.79 Å². The molecule has 1 rings (SSSR count). The lowest BCUT2D eigenvalue weighted by Gasteiger charge is -1.82. The van der Waals surface area contributed by atoms with E-state index in [4.69, 9.17) is 5.11 Å². The van der Waals surface area contributed by atoms with Crippen molar-refractivity contribution >= 4 is 5.97 Å². The average Bonchev–Trinajstić information content (AvgIpc) is 2.15. The van der Waals surface area contributed by atoms with Crippen LogP contribution in [0.1, 0.15) is 5.69 Å². The summed E-state index contributed by atoms with van der Waals surface area (Å²) in [5.74, 6) is -0.899. The molecule has 0 saturated heterocycles. The van der Waals surface area contributed by atoms with E-state index in [9.17, 15) is 4.79 Å². The highest BCUT2D eigenvalue weighted by atomic mass is 16.4. The fourth-order valence-electron chi connectivity index (χ4n) is 0.465. The molecule has 5 nitrogen and oxygen atoms in total. The van der Waals surface area contributed by atoms with Crippen LogP contribution in [0.3, 0.4) is 0 Å². The van der Waals surface area contributed by atoms with Gasteiger partial charge in [0.2, 0.25) is 0 Å². The molecule has 0 fully saturated rings. The molecule has 1 aromatic rings. The third-order valence-electron chi connectivity index (χ3n) is 0.797. The van der Waals surface area contributed by atoms with Crippen molar-refractivity contribution in [3.8, 4) is 0 Å². The number of carbonyl (C=O) groups is 1. The lowest BCUT2D eigenvalue weighted by Crippen LogP contribution is -1.99. The van der Waals surface area contributed by atoms with E-state index >= 15 is 0 Å². The van der Waals surface area contributed by atoms with Crippen molar-refractivity contribution < 1.29 is 9.90 Å². The van der Waals surface area contributed by atoms with Crippen molar-refractivity contribution in [3.63, 3.8) is 0 Å². The molecule has 0 aromatic carbocycles. The SMILES string of the molecule is O=C(O)Cc1cn[nH]n1. The highest BCUT2D eigenvalue weighted by molar-refractivity contribution is 5.69. The molecule has 0 bridgehead atoms. The number of nitrogens with zero attached hydrogens (tertiary/aromatic N) is 2. The molecule has 48 valence electrons. The van der Waals surface area contributed by atoms with Crippen LogP contribution in [-0.4, -0.2) is 26.5 Å². The topological polar surface area (TPSA) is 78.9 Å². The Labute approximate surface area is 50.7 Å². The Morgan fingerprint density at radius 3 is 3.11 bits per heavy atom. The number of hydrogen-bond donors (Lipinski definition) is 2. The number of aromatic amines is 1. The van der Waals surface area contributed by atoms with E-state index in [2.05, 4.69) is 15.4 Å². The van der Waals surface area contributed by atoms with Crippen molar-refractivity contribution in [2.75, 3.05) is 0 Å². The van der Waals surface area contributed by atoms with Gasteiger partial charge < -0.3 is 5.11 Å². The first-order valence-electron chi connectivity index (χ1n) is 2.35. The second-order valence-electron chi connectivity index (χ2n) is 1.53. The van der Waals surface area contributed by atoms with Crippen LogP contribution >= 0.6 is 0 Å². The van der Waals surface area contributed by atoms with Crippen LogP contribution in [0.15, 0.2) is 6.20 Å². The number of aliphatic carboxylic acids is 1. The van der Waals surface area contributed by atoms with Crippen LogP contribution in [0.5, 0.6) is 0 Å². The van der Waals surface area contributed by atoms with E-state index in [1.54, 1.807) is 0 Å². The van der Waals surface area contributed by atoms with Gasteiger partial charge in [-0.25, -0.2) is 0 Å². The Kier molecular flexibility index (Phi) is 1.44. The van der Waals surface area contributed by atoms with Gasteiger partial charge in [0.25, 0.3) is 0 Å². The quantitative estimate of drug-likeness (QED) is 0.557. The van der Waals surface area contributed by atoms with Crippen LogP contribution in [0.25, 0.3) is 0 Å². The zero-order valence-corrected chi connectivity index (χ0v) is 4.53. The molecule has 2 N–H and O–H groups in total. The van der Waals surface area contributed by atoms with Crippen LogP contribution in [0.2, 0.25) is 0 Å². The number of hydrogen-bond acceptors (Lipinski definition) is 3. The molecule has 0 aliphatic carbocycles. The molecule has 0 radical (unpaired) electrons. The van der Waals surface area contributed by atoms with Crippen molar-refractivity contribution in [1.82, 2.24) is 15.4 Å². The number of aromatic nitrogens is 3. The predicted octanol–water partition coefficient (Wildman–Crippen LogP) is -0.568. The molecular formula is C4H5N3O2. The second kappa shape index (κ2) is 2.25. The Hall–Kier alpha value is -1.39. The summed E-state index contributed by atoms with van der Waals surface area (Å²) < 4.78 is 0. The van der Waals surface area contributed by atoms with Crippen molar-refractivity contribution in [1.29, 1.82) is 0 Å². The second-order valence-corrected chi connectivity index (χ2v) is 1.53. The van der Waals surface area contributed by atoms with Gasteiger partial charge in [-0.05, 0) is 0 Å². The van der Waals surface area contributed by atoms with E-state index in [1.807, 2.05) is 0 Å². The van der Waals surface area contributed by atoms with Crippen molar-refractivity contribution in [2.24, 2.45) is 0 Å². The minimum atomic E-state index is -0.899. The summed E-state index contributed by atoms with van der Waals surface area (Å²) in [6.45, 7) is 0. The molecule has 0 aliphatic heterocycles. The van der Waals surface area contributed by atoms with Gasteiger partial charge in [-0.1, -0.05) is 0 Å². The van der Waals surface area contributed by atoms with Gasteiger partial charge in [-0.15, -0.1) is 0 Å². The fraction of sp³-hybridized carbons (Fsp3) is 0.250. The van der Waals surface area contributed by atoms with Crippen molar-refractivity contribution in [2.45, 2.75) is 6.42 Å². The van der Waals surface area contributed by atoms with Gasteiger partial charge in [0.05, 0.1) is 18.3 Å². The molecular weight excluding hydrogens is 122 g/mol. The molecule has 0 spiro atoms. The summed E-state index contributed by atoms with van der Waals surface area (Å²) in [4.78, 5) is 9.98. The first-order valence-corrected chi connectivity index (χ1v) is 2.35. The van der Waals surface area contributed by atoms with Gasteiger partial charge in [0.15, 0.2) is 0 Å². The maximum absolute atomic E-state index is 9.98. The molecule has 0 amide bonds. The third kappa shape index (κ3) is 1.52.